The summed E-state index contributed by atoms with van der Waals surface area (Å²) in [6, 6.07) is 0. The molecule has 0 aliphatic carbocycles. The molecule has 2 atom stereocenters. The Kier molecular flexibility index (Phi) is 12.0. The standard InChI is InChI=1S/C6H12O4.C3H5BrO2/c1-5(6(7)8)10-4-3-9-2;1-2(4)3(5)6/h5H,3-4H2,1-2H3,(H,7,8);2H,1H3,(H,5,6)/t5-;2-/m01/s1. The fraction of sp³-hybridized carbons (Fsp3) is 0.778. The molecule has 2 N–H and O–H groups in total. The van der Waals surface area contributed by atoms with E-state index < -0.39 is 22.9 Å². The van der Waals surface area contributed by atoms with E-state index in [2.05, 4.69) is 20.7 Å². The van der Waals surface area contributed by atoms with Gasteiger partial charge in [-0.1, -0.05) is 15.9 Å². The molecule has 0 fully saturated rings. The summed E-state index contributed by atoms with van der Waals surface area (Å²) in [5.74, 6) is -1.77. The molecule has 0 aliphatic heterocycles. The van der Waals surface area contributed by atoms with Crippen LogP contribution in [0.3, 0.4) is 0 Å². The predicted molar refractivity (Wildman–Crippen MR) is 61.0 cm³/mol. The van der Waals surface area contributed by atoms with Gasteiger partial charge in [0.1, 0.15) is 4.83 Å². The highest BCUT2D eigenvalue weighted by Crippen LogP contribution is 1.94. The third kappa shape index (κ3) is 13.3. The van der Waals surface area contributed by atoms with Gasteiger partial charge >= 0.3 is 11.9 Å². The van der Waals surface area contributed by atoms with E-state index >= 15 is 0 Å². The van der Waals surface area contributed by atoms with E-state index in [0.29, 0.717) is 13.2 Å². The number of carboxylic acids is 2. The van der Waals surface area contributed by atoms with Crippen LogP contribution in [0.2, 0.25) is 0 Å². The molecule has 7 heteroatoms. The third-order valence-corrected chi connectivity index (χ3v) is 1.74. The summed E-state index contributed by atoms with van der Waals surface area (Å²) < 4.78 is 9.47. The molecule has 0 saturated carbocycles. The van der Waals surface area contributed by atoms with Crippen LogP contribution < -0.4 is 0 Å². The molecule has 0 amide bonds. The van der Waals surface area contributed by atoms with Gasteiger partial charge in [-0.2, -0.15) is 0 Å². The Labute approximate surface area is 103 Å². The highest BCUT2D eigenvalue weighted by atomic mass is 79.9. The molecule has 0 radical (unpaired) electrons. The largest absolute Gasteiger partial charge is 0.480 e. The lowest BCUT2D eigenvalue weighted by molar-refractivity contribution is -0.149. The second-order valence-electron chi connectivity index (χ2n) is 2.80. The molecule has 0 aromatic carbocycles. The second-order valence-corrected chi connectivity index (χ2v) is 4.17. The predicted octanol–water partition coefficient (Wildman–Crippen LogP) is 0.977. The van der Waals surface area contributed by atoms with Crippen molar-refractivity contribution in [2.75, 3.05) is 20.3 Å². The number of alkyl halides is 1. The number of ether oxygens (including phenoxy) is 2. The Morgan fingerprint density at radius 3 is 1.88 bits per heavy atom. The van der Waals surface area contributed by atoms with Crippen molar-refractivity contribution in [1.82, 2.24) is 0 Å². The smallest absolute Gasteiger partial charge is 0.332 e. The van der Waals surface area contributed by atoms with Crippen LogP contribution in [0.25, 0.3) is 0 Å². The lowest BCUT2D eigenvalue weighted by Gasteiger charge is -2.06. The Balaban J connectivity index is 0. The number of methoxy groups -OCH3 is 1. The molecule has 0 heterocycles. The normalized spacial score (nSPS) is 13.2. The summed E-state index contributed by atoms with van der Waals surface area (Å²) in [6.07, 6.45) is -0.741. The quantitative estimate of drug-likeness (QED) is 0.561. The SMILES string of the molecule is COCCO[C@@H](C)C(=O)O.C[C@@H](Br)C(=O)O. The average molecular weight is 301 g/mol. The van der Waals surface area contributed by atoms with Gasteiger partial charge < -0.3 is 19.7 Å². The Morgan fingerprint density at radius 1 is 1.19 bits per heavy atom. The van der Waals surface area contributed by atoms with E-state index in [0.717, 1.165) is 0 Å². The first kappa shape index (κ1) is 17.7. The average Bonchev–Trinajstić information content (AvgIpc) is 2.18. The van der Waals surface area contributed by atoms with Gasteiger partial charge in [0, 0.05) is 7.11 Å². The van der Waals surface area contributed by atoms with Crippen LogP contribution in [0, 0.1) is 0 Å². The molecule has 0 rings (SSSR count). The van der Waals surface area contributed by atoms with E-state index in [1.54, 1.807) is 6.92 Å². The summed E-state index contributed by atoms with van der Waals surface area (Å²) in [4.78, 5) is 19.4. The van der Waals surface area contributed by atoms with Crippen LogP contribution in [0.1, 0.15) is 13.8 Å². The molecule has 96 valence electrons. The fourth-order valence-corrected chi connectivity index (χ4v) is 0.380. The zero-order chi connectivity index (χ0) is 13.1. The lowest BCUT2D eigenvalue weighted by Crippen LogP contribution is -2.21. The van der Waals surface area contributed by atoms with Gasteiger partial charge in [0.15, 0.2) is 6.10 Å². The zero-order valence-electron chi connectivity index (χ0n) is 9.47. The highest BCUT2D eigenvalue weighted by Gasteiger charge is 2.09. The van der Waals surface area contributed by atoms with Crippen molar-refractivity contribution >= 4 is 27.9 Å². The summed E-state index contributed by atoms with van der Waals surface area (Å²) in [6.45, 7) is 3.79. The maximum atomic E-state index is 10.1. The van der Waals surface area contributed by atoms with Crippen LogP contribution in [0.4, 0.5) is 0 Å². The maximum Gasteiger partial charge on any atom is 0.332 e. The minimum atomic E-state index is -0.948. The fourth-order valence-electron chi connectivity index (χ4n) is 0.380. The summed E-state index contributed by atoms with van der Waals surface area (Å²) >= 11 is 2.84. The Bertz CT molecular complexity index is 206. The van der Waals surface area contributed by atoms with Gasteiger partial charge in [0.25, 0.3) is 0 Å². The lowest BCUT2D eigenvalue weighted by atomic mass is 10.4. The number of hydrogen-bond acceptors (Lipinski definition) is 4. The minimum Gasteiger partial charge on any atom is -0.480 e. The highest BCUT2D eigenvalue weighted by molar-refractivity contribution is 9.10. The molecule has 6 nitrogen and oxygen atoms in total. The van der Waals surface area contributed by atoms with Crippen molar-refractivity contribution in [3.8, 4) is 0 Å². The van der Waals surface area contributed by atoms with Gasteiger partial charge in [-0.3, -0.25) is 4.79 Å². The van der Waals surface area contributed by atoms with Crippen molar-refractivity contribution in [3.63, 3.8) is 0 Å². The van der Waals surface area contributed by atoms with Gasteiger partial charge in [-0.05, 0) is 13.8 Å². The maximum absolute atomic E-state index is 10.1. The molecular weight excluding hydrogens is 284 g/mol. The molecular formula is C9H17BrO6. The number of carboxylic acid groups (broad SMARTS) is 2. The van der Waals surface area contributed by atoms with E-state index in [4.69, 9.17) is 14.9 Å². The minimum absolute atomic E-state index is 0.323. The van der Waals surface area contributed by atoms with E-state index in [1.807, 2.05) is 0 Å². The van der Waals surface area contributed by atoms with Crippen molar-refractivity contribution in [2.45, 2.75) is 24.8 Å². The first-order chi connectivity index (χ1) is 7.32. The van der Waals surface area contributed by atoms with Crippen LogP contribution >= 0.6 is 15.9 Å². The molecule has 0 bridgehead atoms. The zero-order valence-corrected chi connectivity index (χ0v) is 11.1. The first-order valence-electron chi connectivity index (χ1n) is 4.53. The van der Waals surface area contributed by atoms with Crippen molar-refractivity contribution in [1.29, 1.82) is 0 Å². The van der Waals surface area contributed by atoms with E-state index in [1.165, 1.54) is 14.0 Å². The molecule has 0 aromatic heterocycles. The molecule has 0 aromatic rings. The van der Waals surface area contributed by atoms with E-state index in [-0.39, 0.29) is 0 Å². The Morgan fingerprint density at radius 2 is 1.62 bits per heavy atom. The number of rotatable bonds is 6. The molecule has 0 saturated heterocycles. The molecule has 0 spiro atoms. The second kappa shape index (κ2) is 10.8. The monoisotopic (exact) mass is 300 g/mol. The summed E-state index contributed by atoms with van der Waals surface area (Å²) in [5, 5.41) is 16.3. The number of carbonyl (C=O) groups is 2. The van der Waals surface area contributed by atoms with Crippen LogP contribution in [0.5, 0.6) is 0 Å². The molecule has 0 aliphatic rings. The summed E-state index contributed by atoms with van der Waals surface area (Å²) in [5.41, 5.74) is 0. The Hall–Kier alpha value is -0.660. The molecule has 16 heavy (non-hydrogen) atoms. The van der Waals surface area contributed by atoms with Gasteiger partial charge in [0.05, 0.1) is 13.2 Å². The van der Waals surface area contributed by atoms with Gasteiger partial charge in [0.2, 0.25) is 0 Å². The van der Waals surface area contributed by atoms with Gasteiger partial charge in [-0.25, -0.2) is 4.79 Å². The number of aliphatic carboxylic acids is 2. The van der Waals surface area contributed by atoms with Crippen molar-refractivity contribution in [2.24, 2.45) is 0 Å². The topological polar surface area (TPSA) is 93.1 Å². The van der Waals surface area contributed by atoms with Crippen molar-refractivity contribution in [3.05, 3.63) is 0 Å². The van der Waals surface area contributed by atoms with Crippen LogP contribution in [0.15, 0.2) is 0 Å². The first-order valence-corrected chi connectivity index (χ1v) is 5.44. The number of halogens is 1. The summed E-state index contributed by atoms with van der Waals surface area (Å²) in [7, 11) is 1.54. The van der Waals surface area contributed by atoms with Crippen LogP contribution in [-0.2, 0) is 19.1 Å². The molecule has 0 unspecified atom stereocenters. The van der Waals surface area contributed by atoms with Crippen molar-refractivity contribution < 1.29 is 29.3 Å². The van der Waals surface area contributed by atoms with E-state index in [9.17, 15) is 9.59 Å². The third-order valence-electron chi connectivity index (χ3n) is 1.34. The van der Waals surface area contributed by atoms with Crippen LogP contribution in [-0.4, -0.2) is 53.4 Å². The number of hydrogen-bond donors (Lipinski definition) is 2. The van der Waals surface area contributed by atoms with Gasteiger partial charge in [-0.15, -0.1) is 0 Å².